The zero-order valence-corrected chi connectivity index (χ0v) is 8.49. The lowest BCUT2D eigenvalue weighted by Gasteiger charge is -2.09. The summed E-state index contributed by atoms with van der Waals surface area (Å²) in [6.45, 7) is 1.78. The molecule has 1 aliphatic rings. The standard InChI is InChI=1S/C9H15N5O/c15-9(8-6-12-14-13-8)11-5-3-7-2-1-4-10-7/h6-7,10H,1-5H2,(H,11,15)(H,12,13,14). The van der Waals surface area contributed by atoms with Gasteiger partial charge in [-0.15, -0.1) is 0 Å². The maximum absolute atomic E-state index is 11.4. The summed E-state index contributed by atoms with van der Waals surface area (Å²) < 4.78 is 0. The predicted molar refractivity (Wildman–Crippen MR) is 54.4 cm³/mol. The first-order chi connectivity index (χ1) is 7.36. The summed E-state index contributed by atoms with van der Waals surface area (Å²) in [6.07, 6.45) is 4.84. The van der Waals surface area contributed by atoms with Gasteiger partial charge in [-0.25, -0.2) is 0 Å². The largest absolute Gasteiger partial charge is 0.351 e. The maximum atomic E-state index is 11.4. The molecule has 1 aromatic rings. The number of aromatic amines is 1. The van der Waals surface area contributed by atoms with Gasteiger partial charge in [-0.2, -0.15) is 15.4 Å². The molecule has 0 saturated carbocycles. The van der Waals surface area contributed by atoms with Gasteiger partial charge in [-0.05, 0) is 25.8 Å². The van der Waals surface area contributed by atoms with Crippen LogP contribution in [-0.2, 0) is 0 Å². The third-order valence-corrected chi connectivity index (χ3v) is 2.59. The van der Waals surface area contributed by atoms with Crippen LogP contribution in [-0.4, -0.2) is 40.4 Å². The molecular weight excluding hydrogens is 194 g/mol. The van der Waals surface area contributed by atoms with Crippen molar-refractivity contribution in [1.82, 2.24) is 26.0 Å². The van der Waals surface area contributed by atoms with Gasteiger partial charge in [0.15, 0.2) is 5.69 Å². The van der Waals surface area contributed by atoms with Crippen LogP contribution in [0.3, 0.4) is 0 Å². The van der Waals surface area contributed by atoms with Crippen LogP contribution < -0.4 is 10.6 Å². The van der Waals surface area contributed by atoms with Crippen molar-refractivity contribution in [2.45, 2.75) is 25.3 Å². The highest BCUT2D eigenvalue weighted by Crippen LogP contribution is 2.07. The molecule has 0 aromatic carbocycles. The lowest BCUT2D eigenvalue weighted by atomic mass is 10.1. The first kappa shape index (κ1) is 10.1. The fourth-order valence-corrected chi connectivity index (χ4v) is 1.76. The number of hydrogen-bond donors (Lipinski definition) is 3. The van der Waals surface area contributed by atoms with Crippen LogP contribution >= 0.6 is 0 Å². The summed E-state index contributed by atoms with van der Waals surface area (Å²) >= 11 is 0. The monoisotopic (exact) mass is 209 g/mol. The zero-order valence-electron chi connectivity index (χ0n) is 8.49. The van der Waals surface area contributed by atoms with E-state index in [1.165, 1.54) is 19.0 Å². The SMILES string of the molecule is O=C(NCCC1CCCN1)c1cn[nH]n1. The van der Waals surface area contributed by atoms with Gasteiger partial charge in [-0.1, -0.05) is 0 Å². The smallest absolute Gasteiger partial charge is 0.273 e. The van der Waals surface area contributed by atoms with E-state index in [-0.39, 0.29) is 5.91 Å². The Morgan fingerprint density at radius 1 is 1.67 bits per heavy atom. The highest BCUT2D eigenvalue weighted by Gasteiger charge is 2.14. The normalized spacial score (nSPS) is 20.4. The number of nitrogens with one attached hydrogen (secondary N) is 3. The quantitative estimate of drug-likeness (QED) is 0.634. The van der Waals surface area contributed by atoms with Gasteiger partial charge < -0.3 is 10.6 Å². The number of amides is 1. The van der Waals surface area contributed by atoms with Gasteiger partial charge in [0.05, 0.1) is 6.20 Å². The van der Waals surface area contributed by atoms with E-state index in [9.17, 15) is 4.79 Å². The molecule has 3 N–H and O–H groups in total. The molecule has 82 valence electrons. The summed E-state index contributed by atoms with van der Waals surface area (Å²) in [7, 11) is 0. The molecule has 0 radical (unpaired) electrons. The number of carbonyl (C=O) groups excluding carboxylic acids is 1. The minimum Gasteiger partial charge on any atom is -0.351 e. The maximum Gasteiger partial charge on any atom is 0.273 e. The Labute approximate surface area is 87.8 Å². The zero-order chi connectivity index (χ0) is 10.5. The number of nitrogens with zero attached hydrogens (tertiary/aromatic N) is 2. The second kappa shape index (κ2) is 4.88. The Morgan fingerprint density at radius 2 is 2.60 bits per heavy atom. The third kappa shape index (κ3) is 2.76. The molecular formula is C9H15N5O. The van der Waals surface area contributed by atoms with E-state index in [0.29, 0.717) is 18.3 Å². The molecule has 15 heavy (non-hydrogen) atoms. The van der Waals surface area contributed by atoms with Crippen LogP contribution in [0.1, 0.15) is 29.8 Å². The molecule has 0 aliphatic carbocycles. The molecule has 1 aliphatic heterocycles. The van der Waals surface area contributed by atoms with E-state index in [1.807, 2.05) is 0 Å². The molecule has 2 rings (SSSR count). The molecule has 1 unspecified atom stereocenters. The first-order valence-electron chi connectivity index (χ1n) is 5.23. The molecule has 0 spiro atoms. The lowest BCUT2D eigenvalue weighted by Crippen LogP contribution is -2.30. The molecule has 1 amide bonds. The van der Waals surface area contributed by atoms with Crippen LogP contribution in [0.5, 0.6) is 0 Å². The number of H-pyrrole nitrogens is 1. The summed E-state index contributed by atoms with van der Waals surface area (Å²) in [6, 6.07) is 0.558. The highest BCUT2D eigenvalue weighted by atomic mass is 16.1. The molecule has 1 atom stereocenters. The second-order valence-corrected chi connectivity index (χ2v) is 3.69. The minimum absolute atomic E-state index is 0.165. The Balaban J connectivity index is 1.67. The Kier molecular flexibility index (Phi) is 3.29. The fraction of sp³-hybridized carbons (Fsp3) is 0.667. The van der Waals surface area contributed by atoms with Gasteiger partial charge in [0, 0.05) is 12.6 Å². The molecule has 2 heterocycles. The highest BCUT2D eigenvalue weighted by molar-refractivity contribution is 5.91. The molecule has 1 fully saturated rings. The van der Waals surface area contributed by atoms with Crippen molar-refractivity contribution in [2.24, 2.45) is 0 Å². The molecule has 1 aromatic heterocycles. The Bertz CT molecular complexity index is 304. The van der Waals surface area contributed by atoms with Crippen molar-refractivity contribution < 1.29 is 4.79 Å². The van der Waals surface area contributed by atoms with E-state index in [2.05, 4.69) is 26.0 Å². The first-order valence-corrected chi connectivity index (χ1v) is 5.23. The number of rotatable bonds is 4. The van der Waals surface area contributed by atoms with Crippen LogP contribution in [0.2, 0.25) is 0 Å². The van der Waals surface area contributed by atoms with E-state index in [4.69, 9.17) is 0 Å². The Morgan fingerprint density at radius 3 is 3.27 bits per heavy atom. The predicted octanol–water partition coefficient (Wildman–Crippen LogP) is -0.323. The molecule has 6 nitrogen and oxygen atoms in total. The topological polar surface area (TPSA) is 82.7 Å². The number of hydrogen-bond acceptors (Lipinski definition) is 4. The Hall–Kier alpha value is -1.43. The summed E-state index contributed by atoms with van der Waals surface area (Å²) in [5, 5.41) is 15.9. The van der Waals surface area contributed by atoms with Gasteiger partial charge in [0.2, 0.25) is 0 Å². The van der Waals surface area contributed by atoms with Crippen LogP contribution in [0.4, 0.5) is 0 Å². The summed E-state index contributed by atoms with van der Waals surface area (Å²) in [4.78, 5) is 11.4. The van der Waals surface area contributed by atoms with Gasteiger partial charge in [-0.3, -0.25) is 4.79 Å². The molecule has 0 bridgehead atoms. The second-order valence-electron chi connectivity index (χ2n) is 3.69. The van der Waals surface area contributed by atoms with Crippen LogP contribution in [0.25, 0.3) is 0 Å². The van der Waals surface area contributed by atoms with Crippen LogP contribution in [0, 0.1) is 0 Å². The van der Waals surface area contributed by atoms with Gasteiger partial charge in [0.1, 0.15) is 0 Å². The van der Waals surface area contributed by atoms with Gasteiger partial charge >= 0.3 is 0 Å². The number of carbonyl (C=O) groups is 1. The van der Waals surface area contributed by atoms with Crippen molar-refractivity contribution >= 4 is 5.91 Å². The van der Waals surface area contributed by atoms with E-state index in [0.717, 1.165) is 13.0 Å². The van der Waals surface area contributed by atoms with Crippen molar-refractivity contribution in [1.29, 1.82) is 0 Å². The van der Waals surface area contributed by atoms with E-state index >= 15 is 0 Å². The van der Waals surface area contributed by atoms with E-state index in [1.54, 1.807) is 0 Å². The lowest BCUT2D eigenvalue weighted by molar-refractivity contribution is 0.0947. The fourth-order valence-electron chi connectivity index (χ4n) is 1.76. The summed E-state index contributed by atoms with van der Waals surface area (Å²) in [5.41, 5.74) is 0.342. The minimum atomic E-state index is -0.165. The third-order valence-electron chi connectivity index (χ3n) is 2.59. The average Bonchev–Trinajstić information content (AvgIpc) is 2.90. The van der Waals surface area contributed by atoms with Crippen molar-refractivity contribution in [3.05, 3.63) is 11.9 Å². The van der Waals surface area contributed by atoms with Crippen molar-refractivity contribution in [3.63, 3.8) is 0 Å². The van der Waals surface area contributed by atoms with Gasteiger partial charge in [0.25, 0.3) is 5.91 Å². The van der Waals surface area contributed by atoms with Crippen molar-refractivity contribution in [3.8, 4) is 0 Å². The summed E-state index contributed by atoms with van der Waals surface area (Å²) in [5.74, 6) is -0.165. The average molecular weight is 209 g/mol. The van der Waals surface area contributed by atoms with Crippen molar-refractivity contribution in [2.75, 3.05) is 13.1 Å². The van der Waals surface area contributed by atoms with Crippen LogP contribution in [0.15, 0.2) is 6.20 Å². The molecule has 6 heteroatoms. The molecule has 1 saturated heterocycles. The van der Waals surface area contributed by atoms with E-state index < -0.39 is 0 Å². The number of aromatic nitrogens is 3.